The summed E-state index contributed by atoms with van der Waals surface area (Å²) in [5.41, 5.74) is 4.97. The van der Waals surface area contributed by atoms with Crippen molar-refractivity contribution in [3.8, 4) is 0 Å². The van der Waals surface area contributed by atoms with Crippen LogP contribution < -0.4 is 9.62 Å². The second-order valence-corrected chi connectivity index (χ2v) is 13.4. The zero-order chi connectivity index (χ0) is 30.4. The molecule has 0 aromatic heterocycles. The van der Waals surface area contributed by atoms with Crippen LogP contribution in [0.1, 0.15) is 66.8 Å². The molecular weight excluding hydrogens is 546 g/mol. The fourth-order valence-electron chi connectivity index (χ4n) is 5.48. The Kier molecular flexibility index (Phi) is 10.1. The van der Waals surface area contributed by atoms with Gasteiger partial charge in [-0.05, 0) is 87.9 Å². The van der Waals surface area contributed by atoms with Crippen LogP contribution in [0.4, 0.5) is 5.69 Å². The molecule has 4 rings (SSSR count). The quantitative estimate of drug-likeness (QED) is 0.315. The number of carbonyl (C=O) groups excluding carboxylic acids is 2. The van der Waals surface area contributed by atoms with Crippen LogP contribution in [0.2, 0.25) is 0 Å². The van der Waals surface area contributed by atoms with Crippen molar-refractivity contribution in [2.75, 3.05) is 10.8 Å². The van der Waals surface area contributed by atoms with Gasteiger partial charge >= 0.3 is 0 Å². The molecule has 42 heavy (non-hydrogen) atoms. The molecule has 1 N–H and O–H groups in total. The Balaban J connectivity index is 1.72. The van der Waals surface area contributed by atoms with Crippen molar-refractivity contribution in [2.24, 2.45) is 0 Å². The lowest BCUT2D eigenvalue weighted by Gasteiger charge is -2.34. The molecule has 3 aromatic rings. The third-order valence-electron chi connectivity index (χ3n) is 8.45. The lowest BCUT2D eigenvalue weighted by atomic mass is 9.95. The number of anilines is 1. The average molecular weight is 590 g/mol. The van der Waals surface area contributed by atoms with Crippen molar-refractivity contribution in [1.82, 2.24) is 10.2 Å². The van der Waals surface area contributed by atoms with Gasteiger partial charge < -0.3 is 10.2 Å². The molecule has 1 aliphatic carbocycles. The van der Waals surface area contributed by atoms with Crippen LogP contribution >= 0.6 is 0 Å². The predicted octanol–water partition coefficient (Wildman–Crippen LogP) is 5.98. The van der Waals surface area contributed by atoms with Gasteiger partial charge in [-0.1, -0.05) is 73.4 Å². The van der Waals surface area contributed by atoms with Crippen molar-refractivity contribution >= 4 is 27.5 Å². The second kappa shape index (κ2) is 13.6. The number of hydrogen-bond donors (Lipinski definition) is 1. The summed E-state index contributed by atoms with van der Waals surface area (Å²) < 4.78 is 29.4. The van der Waals surface area contributed by atoms with Crippen LogP contribution in [0.5, 0.6) is 0 Å². The molecular formula is C34H43N3O4S. The molecule has 1 atom stereocenters. The summed E-state index contributed by atoms with van der Waals surface area (Å²) in [6.45, 7) is 9.12. The molecule has 0 saturated heterocycles. The second-order valence-electron chi connectivity index (χ2n) is 11.5. The fraction of sp³-hybridized carbons (Fsp3) is 0.412. The third kappa shape index (κ3) is 7.21. The topological polar surface area (TPSA) is 86.8 Å². The van der Waals surface area contributed by atoms with Gasteiger partial charge in [0.2, 0.25) is 11.8 Å². The van der Waals surface area contributed by atoms with E-state index in [1.54, 1.807) is 43.3 Å². The number of benzene rings is 3. The van der Waals surface area contributed by atoms with Gasteiger partial charge in [0.05, 0.1) is 10.6 Å². The number of hydrogen-bond acceptors (Lipinski definition) is 4. The zero-order valence-corrected chi connectivity index (χ0v) is 26.2. The molecule has 2 amide bonds. The Bertz CT molecular complexity index is 1510. The fourth-order valence-corrected chi connectivity index (χ4v) is 6.95. The van der Waals surface area contributed by atoms with Gasteiger partial charge in [-0.25, -0.2) is 8.42 Å². The van der Waals surface area contributed by atoms with Crippen LogP contribution in [0, 0.1) is 27.7 Å². The maximum atomic E-state index is 14.2. The molecule has 224 valence electrons. The van der Waals surface area contributed by atoms with Gasteiger partial charge in [-0.15, -0.1) is 0 Å². The summed E-state index contributed by atoms with van der Waals surface area (Å²) >= 11 is 0. The van der Waals surface area contributed by atoms with E-state index in [1.165, 1.54) is 15.6 Å². The van der Waals surface area contributed by atoms with Crippen LogP contribution in [-0.4, -0.2) is 43.8 Å². The number of rotatable bonds is 10. The molecule has 1 saturated carbocycles. The summed E-state index contributed by atoms with van der Waals surface area (Å²) in [6.07, 6.45) is 5.18. The molecule has 0 bridgehead atoms. The lowest BCUT2D eigenvalue weighted by Crippen LogP contribution is -2.53. The first kappa shape index (κ1) is 31.3. The number of nitrogens with one attached hydrogen (secondary N) is 1. The van der Waals surface area contributed by atoms with E-state index in [4.69, 9.17) is 0 Å². The van der Waals surface area contributed by atoms with Crippen molar-refractivity contribution in [3.63, 3.8) is 0 Å². The molecule has 0 aliphatic heterocycles. The van der Waals surface area contributed by atoms with E-state index in [-0.39, 0.29) is 23.4 Å². The minimum absolute atomic E-state index is 0.0949. The highest BCUT2D eigenvalue weighted by atomic mass is 32.2. The largest absolute Gasteiger partial charge is 0.352 e. The van der Waals surface area contributed by atoms with Gasteiger partial charge in [-0.2, -0.15) is 0 Å². The lowest BCUT2D eigenvalue weighted by molar-refractivity contribution is -0.139. The van der Waals surface area contributed by atoms with E-state index in [2.05, 4.69) is 5.32 Å². The first-order chi connectivity index (χ1) is 20.0. The molecule has 1 aliphatic rings. The van der Waals surface area contributed by atoms with Gasteiger partial charge in [0.1, 0.15) is 12.6 Å². The average Bonchev–Trinajstić information content (AvgIpc) is 2.97. The SMILES string of the molecule is Cc1ccc(S(=O)(=O)N(CC(=O)N(Cc2ccccc2C)[C@H](C)C(=O)NC2CCCCC2)c2cccc(C)c2C)cc1. The number of amides is 2. The zero-order valence-electron chi connectivity index (χ0n) is 25.4. The van der Waals surface area contributed by atoms with E-state index >= 15 is 0 Å². The summed E-state index contributed by atoms with van der Waals surface area (Å²) in [5, 5.41) is 3.15. The molecule has 8 heteroatoms. The first-order valence-electron chi connectivity index (χ1n) is 14.8. The molecule has 0 heterocycles. The summed E-state index contributed by atoms with van der Waals surface area (Å²) in [6, 6.07) is 19.1. The minimum Gasteiger partial charge on any atom is -0.352 e. The number of carbonyl (C=O) groups is 2. The van der Waals surface area contributed by atoms with E-state index in [0.717, 1.165) is 53.5 Å². The number of nitrogens with zero attached hydrogens (tertiary/aromatic N) is 2. The molecule has 7 nitrogen and oxygen atoms in total. The summed E-state index contributed by atoms with van der Waals surface area (Å²) in [7, 11) is -4.10. The molecule has 0 unspecified atom stereocenters. The Morgan fingerprint density at radius 3 is 2.17 bits per heavy atom. The van der Waals surface area contributed by atoms with E-state index in [0.29, 0.717) is 5.69 Å². The monoisotopic (exact) mass is 589 g/mol. The van der Waals surface area contributed by atoms with E-state index in [1.807, 2.05) is 58.0 Å². The van der Waals surface area contributed by atoms with Crippen molar-refractivity contribution < 1.29 is 18.0 Å². The molecule has 0 radical (unpaired) electrons. The van der Waals surface area contributed by atoms with Gasteiger partial charge in [0, 0.05) is 12.6 Å². The highest BCUT2D eigenvalue weighted by Crippen LogP contribution is 2.29. The smallest absolute Gasteiger partial charge is 0.264 e. The van der Waals surface area contributed by atoms with Crippen molar-refractivity contribution in [3.05, 3.63) is 94.5 Å². The predicted molar refractivity (Wildman–Crippen MR) is 168 cm³/mol. The highest BCUT2D eigenvalue weighted by molar-refractivity contribution is 7.92. The first-order valence-corrected chi connectivity index (χ1v) is 16.2. The van der Waals surface area contributed by atoms with Gasteiger partial charge in [0.25, 0.3) is 10.0 Å². The van der Waals surface area contributed by atoms with Gasteiger partial charge in [0.15, 0.2) is 0 Å². The van der Waals surface area contributed by atoms with Gasteiger partial charge in [-0.3, -0.25) is 13.9 Å². The molecule has 1 fully saturated rings. The highest BCUT2D eigenvalue weighted by Gasteiger charge is 2.34. The summed E-state index contributed by atoms with van der Waals surface area (Å²) in [5.74, 6) is -0.662. The molecule has 0 spiro atoms. The van der Waals surface area contributed by atoms with E-state index in [9.17, 15) is 18.0 Å². The maximum absolute atomic E-state index is 14.2. The maximum Gasteiger partial charge on any atom is 0.264 e. The number of sulfonamides is 1. The third-order valence-corrected chi connectivity index (χ3v) is 10.2. The van der Waals surface area contributed by atoms with E-state index < -0.39 is 28.5 Å². The van der Waals surface area contributed by atoms with Crippen molar-refractivity contribution in [2.45, 2.75) is 90.2 Å². The number of aryl methyl sites for hydroxylation is 3. The normalized spacial score (nSPS) is 14.7. The Hall–Kier alpha value is -3.65. The Labute approximate surface area is 251 Å². The Morgan fingerprint density at radius 1 is 0.857 bits per heavy atom. The van der Waals surface area contributed by atoms with Crippen molar-refractivity contribution in [1.29, 1.82) is 0 Å². The van der Waals surface area contributed by atoms with Crippen LogP contribution in [0.3, 0.4) is 0 Å². The van der Waals surface area contributed by atoms with Crippen LogP contribution in [0.25, 0.3) is 0 Å². The summed E-state index contributed by atoms with van der Waals surface area (Å²) in [4.78, 5) is 29.4. The standard InChI is InChI=1S/C34H43N3O4S/c1-24-18-20-31(21-19-24)42(40,41)37(32-17-11-13-25(2)27(32)4)23-33(38)36(22-29-14-10-9-12-26(29)3)28(5)34(39)35-30-15-7-6-8-16-30/h9-14,17-21,28,30H,6-8,15-16,22-23H2,1-5H3,(H,35,39)/t28-/m1/s1. The minimum atomic E-state index is -4.10. The molecule has 3 aromatic carbocycles. The van der Waals surface area contributed by atoms with Crippen LogP contribution in [-0.2, 0) is 26.2 Å². The van der Waals surface area contributed by atoms with Crippen LogP contribution in [0.15, 0.2) is 71.6 Å². The Morgan fingerprint density at radius 2 is 1.50 bits per heavy atom.